The van der Waals surface area contributed by atoms with Gasteiger partial charge in [0.05, 0.1) is 18.1 Å². The minimum absolute atomic E-state index is 0.216. The number of carbonyl (C=O) groups excluding carboxylic acids is 4. The van der Waals surface area contributed by atoms with Crippen LogP contribution in [0.1, 0.15) is 52.7 Å². The van der Waals surface area contributed by atoms with Gasteiger partial charge in [0.1, 0.15) is 23.9 Å². The van der Waals surface area contributed by atoms with E-state index in [1.54, 1.807) is 21.9 Å². The number of rotatable bonds is 8. The molecule has 2 aliphatic rings. The number of imidazole rings is 1. The zero-order chi connectivity index (χ0) is 32.4. The van der Waals surface area contributed by atoms with Crippen LogP contribution >= 0.6 is 0 Å². The molecule has 2 fully saturated rings. The van der Waals surface area contributed by atoms with Crippen LogP contribution in [-0.2, 0) is 25.5 Å². The summed E-state index contributed by atoms with van der Waals surface area (Å²) >= 11 is 0. The van der Waals surface area contributed by atoms with Gasteiger partial charge in [0.2, 0.25) is 11.8 Å². The Hall–Kier alpha value is -4.99. The number of nitrogens with one attached hydrogen (secondary N) is 2. The molecule has 0 saturated carbocycles. The van der Waals surface area contributed by atoms with Crippen LogP contribution in [0.15, 0.2) is 66.7 Å². The van der Waals surface area contributed by atoms with Crippen molar-refractivity contribution in [1.82, 2.24) is 25.1 Å². The number of carbonyl (C=O) groups is 4. The number of hydrogen-bond donors (Lipinski definition) is 2. The number of benzene rings is 3. The minimum Gasteiger partial charge on any atom is -0.467 e. The van der Waals surface area contributed by atoms with Gasteiger partial charge in [-0.25, -0.2) is 9.78 Å². The quantitative estimate of drug-likeness (QED) is 0.282. The van der Waals surface area contributed by atoms with Gasteiger partial charge in [0, 0.05) is 30.6 Å². The summed E-state index contributed by atoms with van der Waals surface area (Å²) in [5, 5.41) is 2.83. The molecule has 6 rings (SSSR count). The van der Waals surface area contributed by atoms with Crippen molar-refractivity contribution in [3.63, 3.8) is 0 Å². The number of aryl methyl sites for hydroxylation is 2. The van der Waals surface area contributed by atoms with Gasteiger partial charge in [-0.3, -0.25) is 14.4 Å². The highest BCUT2D eigenvalue weighted by molar-refractivity contribution is 5.99. The number of H-pyrrole nitrogens is 1. The van der Waals surface area contributed by atoms with E-state index in [0.717, 1.165) is 28.0 Å². The SMILES string of the molecule is COC(=O)[C@H](Cc1ccccc1)NC(=O)[C@@H]1CCCN1C(=O)[C@@H]1CCCN1C(=O)c1ccc(-c2nc3cc(C)c(C)cc3[nH]2)cc1. The Balaban J connectivity index is 1.13. The average molecular weight is 622 g/mol. The highest BCUT2D eigenvalue weighted by Gasteiger charge is 2.43. The average Bonchev–Trinajstić information content (AvgIpc) is 3.84. The highest BCUT2D eigenvalue weighted by atomic mass is 16.5. The Morgan fingerprint density at radius 1 is 0.913 bits per heavy atom. The Labute approximate surface area is 268 Å². The van der Waals surface area contributed by atoms with Crippen molar-refractivity contribution in [2.75, 3.05) is 20.2 Å². The summed E-state index contributed by atoms with van der Waals surface area (Å²) in [6.07, 6.45) is 2.65. The molecule has 0 radical (unpaired) electrons. The summed E-state index contributed by atoms with van der Waals surface area (Å²) in [6.45, 7) is 5.01. The number of methoxy groups -OCH3 is 1. The van der Waals surface area contributed by atoms with Crippen LogP contribution in [0.25, 0.3) is 22.4 Å². The zero-order valence-electron chi connectivity index (χ0n) is 26.4. The van der Waals surface area contributed by atoms with E-state index in [9.17, 15) is 19.2 Å². The van der Waals surface area contributed by atoms with Crippen LogP contribution in [0.3, 0.4) is 0 Å². The summed E-state index contributed by atoms with van der Waals surface area (Å²) < 4.78 is 4.96. The molecule has 3 atom stereocenters. The number of aromatic amines is 1. The first-order valence-electron chi connectivity index (χ1n) is 15.8. The Morgan fingerprint density at radius 3 is 2.30 bits per heavy atom. The number of fused-ring (bicyclic) bond motifs is 1. The van der Waals surface area contributed by atoms with Gasteiger partial charge in [0.25, 0.3) is 5.91 Å². The highest BCUT2D eigenvalue weighted by Crippen LogP contribution is 2.28. The van der Waals surface area contributed by atoms with Crippen LogP contribution in [-0.4, -0.2) is 81.8 Å². The maximum Gasteiger partial charge on any atom is 0.328 e. The van der Waals surface area contributed by atoms with Crippen LogP contribution in [0, 0.1) is 13.8 Å². The Bertz CT molecular complexity index is 1730. The molecule has 2 saturated heterocycles. The van der Waals surface area contributed by atoms with Crippen molar-refractivity contribution in [2.24, 2.45) is 0 Å². The van der Waals surface area contributed by atoms with Gasteiger partial charge < -0.3 is 24.8 Å². The number of likely N-dealkylation sites (tertiary alicyclic amines) is 2. The number of ether oxygens (including phenoxy) is 1. The third-order valence-corrected chi connectivity index (χ3v) is 9.22. The summed E-state index contributed by atoms with van der Waals surface area (Å²) in [6, 6.07) is 18.6. The van der Waals surface area contributed by atoms with Gasteiger partial charge in [-0.2, -0.15) is 0 Å². The second-order valence-corrected chi connectivity index (χ2v) is 12.2. The minimum atomic E-state index is -0.877. The number of esters is 1. The number of nitrogens with zero attached hydrogens (tertiary/aromatic N) is 3. The van der Waals surface area contributed by atoms with Crippen LogP contribution in [0.5, 0.6) is 0 Å². The second-order valence-electron chi connectivity index (χ2n) is 12.2. The molecule has 3 aromatic carbocycles. The van der Waals surface area contributed by atoms with Crippen LogP contribution in [0.4, 0.5) is 0 Å². The molecule has 0 aliphatic carbocycles. The molecule has 46 heavy (non-hydrogen) atoms. The fourth-order valence-electron chi connectivity index (χ4n) is 6.56. The molecule has 4 aromatic rings. The lowest BCUT2D eigenvalue weighted by atomic mass is 10.0. The zero-order valence-corrected chi connectivity index (χ0v) is 26.4. The van der Waals surface area contributed by atoms with E-state index in [1.165, 1.54) is 18.2 Å². The molecule has 10 heteroatoms. The first-order valence-corrected chi connectivity index (χ1v) is 15.8. The number of aromatic nitrogens is 2. The molecule has 2 N–H and O–H groups in total. The van der Waals surface area contributed by atoms with E-state index in [4.69, 9.17) is 9.72 Å². The maximum atomic E-state index is 13.9. The van der Waals surface area contributed by atoms with Crippen LogP contribution in [0.2, 0.25) is 0 Å². The summed E-state index contributed by atoms with van der Waals surface area (Å²) in [5.41, 5.74) is 6.45. The summed E-state index contributed by atoms with van der Waals surface area (Å²) in [5.74, 6) is -0.653. The molecule has 0 bridgehead atoms. The molecule has 3 heterocycles. The van der Waals surface area contributed by atoms with Gasteiger partial charge in [-0.1, -0.05) is 42.5 Å². The monoisotopic (exact) mass is 621 g/mol. The van der Waals surface area contributed by atoms with Gasteiger partial charge in [-0.05, 0) is 80.5 Å². The van der Waals surface area contributed by atoms with Gasteiger partial charge in [-0.15, -0.1) is 0 Å². The first-order chi connectivity index (χ1) is 22.2. The predicted octanol–water partition coefficient (Wildman–Crippen LogP) is 4.34. The lowest BCUT2D eigenvalue weighted by molar-refractivity contribution is -0.146. The molecule has 0 unspecified atom stereocenters. The van der Waals surface area contributed by atoms with Crippen molar-refractivity contribution >= 4 is 34.7 Å². The predicted molar refractivity (Wildman–Crippen MR) is 174 cm³/mol. The van der Waals surface area contributed by atoms with E-state index < -0.39 is 24.1 Å². The smallest absolute Gasteiger partial charge is 0.328 e. The molecule has 10 nitrogen and oxygen atoms in total. The third kappa shape index (κ3) is 6.24. The lowest BCUT2D eigenvalue weighted by Crippen LogP contribution is -2.55. The maximum absolute atomic E-state index is 13.9. The summed E-state index contributed by atoms with van der Waals surface area (Å²) in [7, 11) is 1.29. The largest absolute Gasteiger partial charge is 0.467 e. The molecule has 3 amide bonds. The Kier molecular flexibility index (Phi) is 8.87. The standard InChI is InChI=1S/C36H39N5O5/c1-22-19-27-28(20-23(22)2)38-32(37-27)25-13-15-26(16-14-25)34(43)41-18-8-12-31(41)35(44)40-17-7-11-30(40)33(42)39-29(36(45)46-3)21-24-9-5-4-6-10-24/h4-6,9-10,13-16,19-20,29-31H,7-8,11-12,17-18,21H2,1-3H3,(H,37,38)(H,39,42)/t29-,30-,31-/m0/s1. The summed E-state index contributed by atoms with van der Waals surface area (Å²) in [4.78, 5) is 64.9. The van der Waals surface area contributed by atoms with E-state index >= 15 is 0 Å². The van der Waals surface area contributed by atoms with Gasteiger partial charge in [0.15, 0.2) is 0 Å². The van der Waals surface area contributed by atoms with Crippen molar-refractivity contribution in [2.45, 2.75) is 64.1 Å². The Morgan fingerprint density at radius 2 is 1.59 bits per heavy atom. The number of amides is 3. The van der Waals surface area contributed by atoms with Crippen molar-refractivity contribution < 1.29 is 23.9 Å². The molecular formula is C36H39N5O5. The van der Waals surface area contributed by atoms with Crippen molar-refractivity contribution in [1.29, 1.82) is 0 Å². The van der Waals surface area contributed by atoms with Gasteiger partial charge >= 0.3 is 5.97 Å². The number of hydrogen-bond acceptors (Lipinski definition) is 6. The van der Waals surface area contributed by atoms with E-state index in [2.05, 4.69) is 36.3 Å². The first kappa shape index (κ1) is 31.0. The molecule has 0 spiro atoms. The van der Waals surface area contributed by atoms with Crippen molar-refractivity contribution in [3.8, 4) is 11.4 Å². The molecule has 2 aliphatic heterocycles. The molecular weight excluding hydrogens is 582 g/mol. The fourth-order valence-corrected chi connectivity index (χ4v) is 6.56. The van der Waals surface area contributed by atoms with E-state index in [0.29, 0.717) is 44.3 Å². The molecule has 238 valence electrons. The normalized spacial score (nSPS) is 18.5. The third-order valence-electron chi connectivity index (χ3n) is 9.22. The molecule has 1 aromatic heterocycles. The lowest BCUT2D eigenvalue weighted by Gasteiger charge is -2.31. The fraction of sp³-hybridized carbons (Fsp3) is 0.361. The van der Waals surface area contributed by atoms with E-state index in [1.807, 2.05) is 42.5 Å². The van der Waals surface area contributed by atoms with Crippen LogP contribution < -0.4 is 5.32 Å². The second kappa shape index (κ2) is 13.2. The van der Waals surface area contributed by atoms with E-state index in [-0.39, 0.29) is 24.1 Å². The topological polar surface area (TPSA) is 125 Å². The van der Waals surface area contributed by atoms with Crippen molar-refractivity contribution in [3.05, 3.63) is 89.0 Å².